The molecule has 0 radical (unpaired) electrons. The summed E-state index contributed by atoms with van der Waals surface area (Å²) in [6.45, 7) is 6.70. The molecule has 4 rings (SSSR count). The van der Waals surface area contributed by atoms with Crippen molar-refractivity contribution in [3.8, 4) is 11.5 Å². The molecule has 0 N–H and O–H groups in total. The van der Waals surface area contributed by atoms with Crippen molar-refractivity contribution in [3.05, 3.63) is 81.0 Å². The third-order valence-electron chi connectivity index (χ3n) is 6.32. The monoisotopic (exact) mass is 526 g/mol. The molecule has 0 saturated carbocycles. The summed E-state index contributed by atoms with van der Waals surface area (Å²) in [6, 6.07) is 16.0. The van der Waals surface area contributed by atoms with E-state index in [-0.39, 0.29) is 24.4 Å². The number of hydrogen-bond donors (Lipinski definition) is 0. The van der Waals surface area contributed by atoms with Crippen LogP contribution in [0, 0.1) is 0 Å². The number of halogens is 1. The fraction of sp³-hybridized carbons (Fsp3) is 0.357. The van der Waals surface area contributed by atoms with Gasteiger partial charge in [-0.1, -0.05) is 11.6 Å². The summed E-state index contributed by atoms with van der Waals surface area (Å²) in [7, 11) is 1.58. The molecule has 1 aromatic heterocycles. The van der Waals surface area contributed by atoms with Crippen LogP contribution in [0.1, 0.15) is 47.6 Å². The van der Waals surface area contributed by atoms with Gasteiger partial charge in [-0.05, 0) is 92.7 Å². The molecule has 190 valence electrons. The first kappa shape index (κ1) is 26.0. The second-order valence-electron chi connectivity index (χ2n) is 9.71. The summed E-state index contributed by atoms with van der Waals surface area (Å²) in [5, 5.41) is 2.70. The highest BCUT2D eigenvalue weighted by atomic mass is 35.5. The van der Waals surface area contributed by atoms with Gasteiger partial charge >= 0.3 is 0 Å². The van der Waals surface area contributed by atoms with Crippen LogP contribution in [0.25, 0.3) is 0 Å². The van der Waals surface area contributed by atoms with Crippen molar-refractivity contribution < 1.29 is 19.1 Å². The van der Waals surface area contributed by atoms with Crippen molar-refractivity contribution in [1.29, 1.82) is 0 Å². The lowest BCUT2D eigenvalue weighted by Crippen LogP contribution is -2.53. The number of nitrogens with zero attached hydrogens (tertiary/aromatic N) is 2. The van der Waals surface area contributed by atoms with Gasteiger partial charge in [-0.15, -0.1) is 11.3 Å². The maximum absolute atomic E-state index is 13.7. The van der Waals surface area contributed by atoms with E-state index >= 15 is 0 Å². The second kappa shape index (κ2) is 10.9. The number of hydrogen-bond acceptors (Lipinski definition) is 5. The smallest absolute Gasteiger partial charge is 0.254 e. The molecule has 0 fully saturated rings. The van der Waals surface area contributed by atoms with Crippen LogP contribution in [0.4, 0.5) is 0 Å². The first-order valence-electron chi connectivity index (χ1n) is 11.9. The molecule has 36 heavy (non-hydrogen) atoms. The van der Waals surface area contributed by atoms with E-state index in [1.165, 1.54) is 4.88 Å². The van der Waals surface area contributed by atoms with Crippen molar-refractivity contribution in [2.24, 2.45) is 0 Å². The number of rotatable bonds is 7. The number of carbonyl (C=O) groups is 2. The van der Waals surface area contributed by atoms with E-state index in [1.807, 2.05) is 37.8 Å². The molecular formula is C28H31ClN2O4S. The third-order valence-corrected chi connectivity index (χ3v) is 7.57. The Balaban J connectivity index is 1.54. The van der Waals surface area contributed by atoms with Gasteiger partial charge in [0.05, 0.1) is 13.2 Å². The molecule has 8 heteroatoms. The molecule has 0 bridgehead atoms. The Labute approximate surface area is 221 Å². The van der Waals surface area contributed by atoms with Crippen molar-refractivity contribution in [1.82, 2.24) is 9.80 Å². The Morgan fingerprint density at radius 1 is 1.06 bits per heavy atom. The maximum atomic E-state index is 13.7. The van der Waals surface area contributed by atoms with Crippen molar-refractivity contribution >= 4 is 34.8 Å². The zero-order chi connectivity index (χ0) is 25.9. The van der Waals surface area contributed by atoms with Gasteiger partial charge in [-0.2, -0.15) is 0 Å². The molecule has 1 aliphatic rings. The largest absolute Gasteiger partial charge is 0.497 e. The van der Waals surface area contributed by atoms with E-state index in [1.54, 1.807) is 59.7 Å². The summed E-state index contributed by atoms with van der Waals surface area (Å²) >= 11 is 7.71. The van der Waals surface area contributed by atoms with Crippen LogP contribution in [0.15, 0.2) is 60.0 Å². The number of benzene rings is 2. The van der Waals surface area contributed by atoms with E-state index < -0.39 is 5.54 Å². The highest BCUT2D eigenvalue weighted by Gasteiger charge is 2.36. The molecular weight excluding hydrogens is 496 g/mol. The minimum atomic E-state index is -0.550. The number of amides is 2. The highest BCUT2D eigenvalue weighted by Crippen LogP contribution is 2.34. The molecule has 2 aromatic carbocycles. The van der Waals surface area contributed by atoms with Crippen LogP contribution in [-0.2, 0) is 11.2 Å². The van der Waals surface area contributed by atoms with E-state index in [0.717, 1.165) is 12.0 Å². The van der Waals surface area contributed by atoms with Crippen LogP contribution < -0.4 is 9.47 Å². The first-order valence-corrected chi connectivity index (χ1v) is 13.1. The Morgan fingerprint density at radius 3 is 2.36 bits per heavy atom. The van der Waals surface area contributed by atoms with Crippen molar-refractivity contribution in [2.45, 2.75) is 38.8 Å². The van der Waals surface area contributed by atoms with Crippen LogP contribution in [0.3, 0.4) is 0 Å². The number of fused-ring (bicyclic) bond motifs is 1. The Bertz CT molecular complexity index is 1200. The number of carbonyl (C=O) groups excluding carboxylic acids is 2. The molecule has 0 aliphatic carbocycles. The first-order chi connectivity index (χ1) is 17.2. The maximum Gasteiger partial charge on any atom is 0.254 e. The SMILES string of the molecule is COc1ccc(C(=O)N(CC(=O)N2CCc3sccc3[C@@H]2COc2ccc(Cl)cc2)C(C)(C)C)cc1. The van der Waals surface area contributed by atoms with Gasteiger partial charge in [0.1, 0.15) is 24.7 Å². The van der Waals surface area contributed by atoms with E-state index in [9.17, 15) is 9.59 Å². The second-order valence-corrected chi connectivity index (χ2v) is 11.1. The lowest BCUT2D eigenvalue weighted by Gasteiger charge is -2.40. The van der Waals surface area contributed by atoms with E-state index in [4.69, 9.17) is 21.1 Å². The molecule has 1 atom stereocenters. The Morgan fingerprint density at radius 2 is 1.72 bits per heavy atom. The summed E-state index contributed by atoms with van der Waals surface area (Å²) in [5.74, 6) is 1.07. The van der Waals surface area contributed by atoms with Gasteiger partial charge in [0.15, 0.2) is 0 Å². The normalized spacial score (nSPS) is 15.2. The van der Waals surface area contributed by atoms with Gasteiger partial charge in [0, 0.05) is 27.5 Å². The topological polar surface area (TPSA) is 59.1 Å². The molecule has 1 aliphatic heterocycles. The van der Waals surface area contributed by atoms with Crippen LogP contribution in [0.5, 0.6) is 11.5 Å². The predicted molar refractivity (Wildman–Crippen MR) is 143 cm³/mol. The van der Waals surface area contributed by atoms with Crippen LogP contribution in [0.2, 0.25) is 5.02 Å². The fourth-order valence-corrected chi connectivity index (χ4v) is 5.36. The van der Waals surface area contributed by atoms with E-state index in [2.05, 4.69) is 11.4 Å². The summed E-state index contributed by atoms with van der Waals surface area (Å²) in [4.78, 5) is 32.0. The molecule has 0 unspecified atom stereocenters. The van der Waals surface area contributed by atoms with E-state index in [0.29, 0.717) is 35.2 Å². The lowest BCUT2D eigenvalue weighted by molar-refractivity contribution is -0.136. The number of methoxy groups -OCH3 is 1. The summed E-state index contributed by atoms with van der Waals surface area (Å²) in [6.07, 6.45) is 0.790. The van der Waals surface area contributed by atoms with Crippen molar-refractivity contribution in [2.75, 3.05) is 26.8 Å². The standard InChI is InChI=1S/C28H31ClN2O4S/c1-28(2,3)31(27(33)19-5-9-21(34-4)10-6-19)17-26(32)30-15-13-25-23(14-16-36-25)24(30)18-35-22-11-7-20(29)8-12-22/h5-12,14,16,24H,13,15,17-18H2,1-4H3/t24-/m0/s1. The molecule has 6 nitrogen and oxygen atoms in total. The third kappa shape index (κ3) is 5.85. The minimum absolute atomic E-state index is 0.0225. The number of thiophene rings is 1. The molecule has 0 spiro atoms. The molecule has 2 heterocycles. The van der Waals surface area contributed by atoms with Crippen molar-refractivity contribution in [3.63, 3.8) is 0 Å². The van der Waals surface area contributed by atoms with Gasteiger partial charge in [0.2, 0.25) is 5.91 Å². The van der Waals surface area contributed by atoms with Gasteiger partial charge < -0.3 is 19.3 Å². The quantitative estimate of drug-likeness (QED) is 0.387. The highest BCUT2D eigenvalue weighted by molar-refractivity contribution is 7.10. The average Bonchev–Trinajstić information content (AvgIpc) is 3.35. The zero-order valence-electron chi connectivity index (χ0n) is 21.0. The minimum Gasteiger partial charge on any atom is -0.497 e. The Kier molecular flexibility index (Phi) is 7.91. The van der Waals surface area contributed by atoms with Gasteiger partial charge in [-0.25, -0.2) is 0 Å². The average molecular weight is 527 g/mol. The number of ether oxygens (including phenoxy) is 2. The van der Waals surface area contributed by atoms with Gasteiger partial charge in [0.25, 0.3) is 5.91 Å². The van der Waals surface area contributed by atoms with Gasteiger partial charge in [-0.3, -0.25) is 9.59 Å². The summed E-state index contributed by atoms with van der Waals surface area (Å²) in [5.41, 5.74) is 1.07. The summed E-state index contributed by atoms with van der Waals surface area (Å²) < 4.78 is 11.3. The fourth-order valence-electron chi connectivity index (χ4n) is 4.31. The van der Waals surface area contributed by atoms with Crippen LogP contribution in [-0.4, -0.2) is 54.0 Å². The molecule has 3 aromatic rings. The lowest BCUT2D eigenvalue weighted by atomic mass is 9.99. The predicted octanol–water partition coefficient (Wildman–Crippen LogP) is 5.86. The zero-order valence-corrected chi connectivity index (χ0v) is 22.6. The molecule has 0 saturated heterocycles. The Hall–Kier alpha value is -3.03. The van der Waals surface area contributed by atoms with Crippen LogP contribution >= 0.6 is 22.9 Å². The molecule has 2 amide bonds.